The zero-order valence-corrected chi connectivity index (χ0v) is 11.6. The highest BCUT2D eigenvalue weighted by Crippen LogP contribution is 2.35. The molecule has 106 valence electrons. The maximum atomic E-state index is 13.8. The van der Waals surface area contributed by atoms with Gasteiger partial charge in [0.2, 0.25) is 0 Å². The van der Waals surface area contributed by atoms with Crippen molar-refractivity contribution >= 4 is 0 Å². The van der Waals surface area contributed by atoms with Gasteiger partial charge >= 0.3 is 0 Å². The van der Waals surface area contributed by atoms with Crippen molar-refractivity contribution in [3.63, 3.8) is 0 Å². The molecular formula is C16H16F2O2. The number of hydrogen-bond acceptors (Lipinski definition) is 2. The Morgan fingerprint density at radius 3 is 2.20 bits per heavy atom. The Morgan fingerprint density at radius 2 is 1.65 bits per heavy atom. The van der Waals surface area contributed by atoms with Crippen molar-refractivity contribution in [1.82, 2.24) is 0 Å². The van der Waals surface area contributed by atoms with Crippen molar-refractivity contribution in [2.24, 2.45) is 0 Å². The summed E-state index contributed by atoms with van der Waals surface area (Å²) in [5.41, 5.74) is 1.68. The van der Waals surface area contributed by atoms with E-state index in [0.29, 0.717) is 11.3 Å². The van der Waals surface area contributed by atoms with Gasteiger partial charge in [-0.3, -0.25) is 0 Å². The monoisotopic (exact) mass is 278 g/mol. The van der Waals surface area contributed by atoms with Gasteiger partial charge in [0.05, 0.1) is 12.7 Å². The number of aryl methyl sites for hydroxylation is 2. The summed E-state index contributed by atoms with van der Waals surface area (Å²) in [5.74, 6) is -1.14. The lowest BCUT2D eigenvalue weighted by molar-refractivity contribution is 0.203. The van der Waals surface area contributed by atoms with Crippen LogP contribution in [-0.4, -0.2) is 12.2 Å². The van der Waals surface area contributed by atoms with Gasteiger partial charge in [0, 0.05) is 5.56 Å². The van der Waals surface area contributed by atoms with E-state index >= 15 is 0 Å². The number of ether oxygens (including phenoxy) is 1. The fourth-order valence-electron chi connectivity index (χ4n) is 2.38. The first-order valence-electron chi connectivity index (χ1n) is 6.22. The summed E-state index contributed by atoms with van der Waals surface area (Å²) in [6, 6.07) is 7.07. The average molecular weight is 278 g/mol. The summed E-state index contributed by atoms with van der Waals surface area (Å²) in [6.07, 6.45) is -1.41. The van der Waals surface area contributed by atoms with Crippen LogP contribution in [0, 0.1) is 25.5 Å². The van der Waals surface area contributed by atoms with Crippen LogP contribution in [0.25, 0.3) is 0 Å². The third kappa shape index (κ3) is 2.51. The highest BCUT2D eigenvalue weighted by molar-refractivity contribution is 5.48. The molecule has 2 aromatic rings. The maximum Gasteiger partial charge on any atom is 0.132 e. The lowest BCUT2D eigenvalue weighted by atomic mass is 9.94. The van der Waals surface area contributed by atoms with Crippen LogP contribution in [0.3, 0.4) is 0 Å². The Hall–Kier alpha value is -1.94. The number of methoxy groups -OCH3 is 1. The molecule has 20 heavy (non-hydrogen) atoms. The van der Waals surface area contributed by atoms with E-state index in [4.69, 9.17) is 4.74 Å². The summed E-state index contributed by atoms with van der Waals surface area (Å²) in [6.45, 7) is 3.65. The van der Waals surface area contributed by atoms with E-state index in [1.807, 2.05) is 13.0 Å². The molecule has 0 bridgehead atoms. The minimum Gasteiger partial charge on any atom is -0.496 e. The Balaban J connectivity index is 2.62. The first-order valence-corrected chi connectivity index (χ1v) is 6.22. The van der Waals surface area contributed by atoms with Gasteiger partial charge in [0.1, 0.15) is 23.5 Å². The van der Waals surface area contributed by atoms with Crippen molar-refractivity contribution in [3.8, 4) is 5.75 Å². The van der Waals surface area contributed by atoms with Crippen LogP contribution in [0.5, 0.6) is 5.75 Å². The largest absolute Gasteiger partial charge is 0.496 e. The normalized spacial score (nSPS) is 12.3. The number of halogens is 2. The molecule has 0 aliphatic carbocycles. The summed E-state index contributed by atoms with van der Waals surface area (Å²) >= 11 is 0. The summed E-state index contributed by atoms with van der Waals surface area (Å²) < 4.78 is 32.8. The highest BCUT2D eigenvalue weighted by atomic mass is 19.1. The Bertz CT molecular complexity index is 618. The lowest BCUT2D eigenvalue weighted by Gasteiger charge is -2.19. The van der Waals surface area contributed by atoms with Crippen LogP contribution >= 0.6 is 0 Å². The number of benzene rings is 2. The molecule has 2 aromatic carbocycles. The number of rotatable bonds is 3. The summed E-state index contributed by atoms with van der Waals surface area (Å²) in [4.78, 5) is 0. The third-order valence-electron chi connectivity index (χ3n) is 3.26. The van der Waals surface area contributed by atoms with E-state index in [2.05, 4.69) is 0 Å². The van der Waals surface area contributed by atoms with Crippen LogP contribution < -0.4 is 4.74 Å². The van der Waals surface area contributed by atoms with E-state index < -0.39 is 17.7 Å². The predicted octanol–water partition coefficient (Wildman–Crippen LogP) is 3.67. The van der Waals surface area contributed by atoms with Crippen LogP contribution in [0.2, 0.25) is 0 Å². The quantitative estimate of drug-likeness (QED) is 0.928. The SMILES string of the molecule is COc1cc(C)cc(C)c1C(O)c1c(F)cccc1F. The third-order valence-corrected chi connectivity index (χ3v) is 3.26. The van der Waals surface area contributed by atoms with Crippen molar-refractivity contribution < 1.29 is 18.6 Å². The van der Waals surface area contributed by atoms with Crippen LogP contribution in [-0.2, 0) is 0 Å². The van der Waals surface area contributed by atoms with Gasteiger partial charge in [0.15, 0.2) is 0 Å². The second-order valence-corrected chi connectivity index (χ2v) is 4.74. The van der Waals surface area contributed by atoms with Gasteiger partial charge in [-0.15, -0.1) is 0 Å². The van der Waals surface area contributed by atoms with Crippen molar-refractivity contribution in [2.45, 2.75) is 20.0 Å². The molecule has 0 aromatic heterocycles. The molecular weight excluding hydrogens is 262 g/mol. The Labute approximate surface area is 116 Å². The van der Waals surface area contributed by atoms with Crippen LogP contribution in [0.15, 0.2) is 30.3 Å². The molecule has 0 radical (unpaired) electrons. The lowest BCUT2D eigenvalue weighted by Crippen LogP contribution is -2.09. The fourth-order valence-corrected chi connectivity index (χ4v) is 2.38. The van der Waals surface area contributed by atoms with Gasteiger partial charge < -0.3 is 9.84 Å². The van der Waals surface area contributed by atoms with Crippen LogP contribution in [0.1, 0.15) is 28.4 Å². The van der Waals surface area contributed by atoms with E-state index in [1.165, 1.54) is 13.2 Å². The van der Waals surface area contributed by atoms with Gasteiger partial charge in [-0.05, 0) is 43.2 Å². The van der Waals surface area contributed by atoms with Gasteiger partial charge in [0.25, 0.3) is 0 Å². The molecule has 0 saturated carbocycles. The molecule has 0 aliphatic rings. The number of aliphatic hydroxyl groups is 1. The van der Waals surface area contributed by atoms with Crippen molar-refractivity contribution in [2.75, 3.05) is 7.11 Å². The summed E-state index contributed by atoms with van der Waals surface area (Å²) in [5, 5.41) is 10.4. The number of aliphatic hydroxyl groups excluding tert-OH is 1. The zero-order chi connectivity index (χ0) is 14.9. The molecule has 1 N–H and O–H groups in total. The van der Waals surface area contributed by atoms with E-state index in [-0.39, 0.29) is 5.56 Å². The maximum absolute atomic E-state index is 13.8. The highest BCUT2D eigenvalue weighted by Gasteiger charge is 2.24. The molecule has 0 spiro atoms. The molecule has 0 amide bonds. The second kappa shape index (κ2) is 5.59. The minimum absolute atomic E-state index is 0.363. The second-order valence-electron chi connectivity index (χ2n) is 4.74. The van der Waals surface area contributed by atoms with Gasteiger partial charge in [-0.1, -0.05) is 12.1 Å². The van der Waals surface area contributed by atoms with Gasteiger partial charge in [-0.2, -0.15) is 0 Å². The van der Waals surface area contributed by atoms with Crippen molar-refractivity contribution in [3.05, 3.63) is 64.2 Å². The van der Waals surface area contributed by atoms with Crippen LogP contribution in [0.4, 0.5) is 8.78 Å². The Morgan fingerprint density at radius 1 is 1.05 bits per heavy atom. The predicted molar refractivity (Wildman–Crippen MR) is 72.9 cm³/mol. The average Bonchev–Trinajstić information content (AvgIpc) is 2.37. The molecule has 4 heteroatoms. The number of hydrogen-bond donors (Lipinski definition) is 1. The summed E-state index contributed by atoms with van der Waals surface area (Å²) in [7, 11) is 1.46. The Kier molecular flexibility index (Phi) is 4.04. The molecule has 0 heterocycles. The van der Waals surface area contributed by atoms with E-state index in [9.17, 15) is 13.9 Å². The van der Waals surface area contributed by atoms with Gasteiger partial charge in [-0.25, -0.2) is 8.78 Å². The van der Waals surface area contributed by atoms with E-state index in [0.717, 1.165) is 23.3 Å². The zero-order valence-electron chi connectivity index (χ0n) is 11.6. The van der Waals surface area contributed by atoms with Crippen molar-refractivity contribution in [1.29, 1.82) is 0 Å². The van der Waals surface area contributed by atoms with E-state index in [1.54, 1.807) is 13.0 Å². The molecule has 1 unspecified atom stereocenters. The minimum atomic E-state index is -1.41. The fraction of sp³-hybridized carbons (Fsp3) is 0.250. The molecule has 0 saturated heterocycles. The smallest absolute Gasteiger partial charge is 0.132 e. The first-order chi connectivity index (χ1) is 9.45. The molecule has 2 rings (SSSR count). The molecule has 2 nitrogen and oxygen atoms in total. The molecule has 0 fully saturated rings. The molecule has 0 aliphatic heterocycles. The molecule has 1 atom stereocenters. The first kappa shape index (κ1) is 14.5. The standard InChI is InChI=1S/C16H16F2O2/c1-9-7-10(2)14(13(8-9)20-3)16(19)15-11(17)5-4-6-12(15)18/h4-8,16,19H,1-3H3. The topological polar surface area (TPSA) is 29.5 Å².